The van der Waals surface area contributed by atoms with Crippen molar-refractivity contribution in [2.45, 2.75) is 45.6 Å². The number of hydrogen-bond donors (Lipinski definition) is 1. The Morgan fingerprint density at radius 1 is 1.36 bits per heavy atom. The third-order valence-electron chi connectivity index (χ3n) is 4.28. The Morgan fingerprint density at radius 2 is 2.18 bits per heavy atom. The van der Waals surface area contributed by atoms with Crippen LogP contribution in [0.15, 0.2) is 24.3 Å². The van der Waals surface area contributed by atoms with E-state index in [2.05, 4.69) is 17.1 Å². The molecule has 1 aromatic carbocycles. The van der Waals surface area contributed by atoms with Crippen molar-refractivity contribution in [2.75, 3.05) is 26.2 Å². The number of para-hydroxylation sites is 1. The number of benzene rings is 1. The van der Waals surface area contributed by atoms with Crippen LogP contribution in [0.5, 0.6) is 5.75 Å². The van der Waals surface area contributed by atoms with E-state index in [9.17, 15) is 4.79 Å². The number of nitrogens with zero attached hydrogens (tertiary/aromatic N) is 1. The SMILES string of the molecule is CCOc1ccccc1C(=O)NCCCN1CCCCC1C. The largest absolute Gasteiger partial charge is 0.493 e. The Hall–Kier alpha value is -1.55. The smallest absolute Gasteiger partial charge is 0.255 e. The summed E-state index contributed by atoms with van der Waals surface area (Å²) in [5.41, 5.74) is 0.621. The van der Waals surface area contributed by atoms with Crippen molar-refractivity contribution in [3.05, 3.63) is 29.8 Å². The highest BCUT2D eigenvalue weighted by molar-refractivity contribution is 5.96. The van der Waals surface area contributed by atoms with Crippen LogP contribution in [0.3, 0.4) is 0 Å². The molecule has 1 atom stereocenters. The Morgan fingerprint density at radius 3 is 2.95 bits per heavy atom. The van der Waals surface area contributed by atoms with Gasteiger partial charge in [0.2, 0.25) is 0 Å². The van der Waals surface area contributed by atoms with Crippen molar-refractivity contribution in [1.82, 2.24) is 10.2 Å². The molecule has 1 aliphatic heterocycles. The van der Waals surface area contributed by atoms with Crippen molar-refractivity contribution >= 4 is 5.91 Å². The van der Waals surface area contributed by atoms with E-state index in [1.54, 1.807) is 0 Å². The lowest BCUT2D eigenvalue weighted by Gasteiger charge is -2.33. The minimum absolute atomic E-state index is 0.0456. The highest BCUT2D eigenvalue weighted by Crippen LogP contribution is 2.18. The molecule has 0 aliphatic carbocycles. The third kappa shape index (κ3) is 4.73. The molecule has 0 bridgehead atoms. The zero-order valence-corrected chi connectivity index (χ0v) is 13.8. The van der Waals surface area contributed by atoms with E-state index in [0.717, 1.165) is 13.0 Å². The molecule has 0 saturated carbocycles. The first-order chi connectivity index (χ1) is 10.7. The standard InChI is InChI=1S/C18H28N2O2/c1-3-22-17-11-5-4-10-16(17)18(21)19-12-8-14-20-13-7-6-9-15(20)2/h4-5,10-11,15H,3,6-9,12-14H2,1-2H3,(H,19,21). The summed E-state index contributed by atoms with van der Waals surface area (Å²) in [6.07, 6.45) is 4.95. The van der Waals surface area contributed by atoms with E-state index in [1.807, 2.05) is 31.2 Å². The molecule has 22 heavy (non-hydrogen) atoms. The number of hydrogen-bond acceptors (Lipinski definition) is 3. The van der Waals surface area contributed by atoms with Gasteiger partial charge >= 0.3 is 0 Å². The molecule has 1 unspecified atom stereocenters. The summed E-state index contributed by atoms with van der Waals surface area (Å²) < 4.78 is 5.50. The molecular formula is C18H28N2O2. The molecular weight excluding hydrogens is 276 g/mol. The first-order valence-electron chi connectivity index (χ1n) is 8.46. The number of carbonyl (C=O) groups excluding carboxylic acids is 1. The average Bonchev–Trinajstić information content (AvgIpc) is 2.54. The van der Waals surface area contributed by atoms with E-state index in [-0.39, 0.29) is 5.91 Å². The molecule has 4 heteroatoms. The van der Waals surface area contributed by atoms with Crippen molar-refractivity contribution in [3.8, 4) is 5.75 Å². The quantitative estimate of drug-likeness (QED) is 0.787. The summed E-state index contributed by atoms with van der Waals surface area (Å²) in [7, 11) is 0. The summed E-state index contributed by atoms with van der Waals surface area (Å²) in [6.45, 7) is 7.76. The van der Waals surface area contributed by atoms with Crippen LogP contribution in [0.4, 0.5) is 0 Å². The van der Waals surface area contributed by atoms with Gasteiger partial charge in [0.05, 0.1) is 12.2 Å². The van der Waals surface area contributed by atoms with Gasteiger partial charge in [0.1, 0.15) is 5.75 Å². The number of piperidine rings is 1. The van der Waals surface area contributed by atoms with Crippen LogP contribution in [-0.4, -0.2) is 43.1 Å². The Kier molecular flexibility index (Phi) is 6.72. The van der Waals surface area contributed by atoms with Gasteiger partial charge in [-0.3, -0.25) is 4.79 Å². The molecule has 1 saturated heterocycles. The summed E-state index contributed by atoms with van der Waals surface area (Å²) in [5.74, 6) is 0.614. The number of carbonyl (C=O) groups is 1. The molecule has 1 aliphatic rings. The Balaban J connectivity index is 1.76. The Labute approximate surface area is 133 Å². The molecule has 4 nitrogen and oxygen atoms in total. The monoisotopic (exact) mass is 304 g/mol. The van der Waals surface area contributed by atoms with Gasteiger partial charge in [0.15, 0.2) is 0 Å². The second-order valence-electron chi connectivity index (χ2n) is 5.92. The second kappa shape index (κ2) is 8.79. The summed E-state index contributed by atoms with van der Waals surface area (Å²) in [6, 6.07) is 8.09. The topological polar surface area (TPSA) is 41.6 Å². The fourth-order valence-electron chi connectivity index (χ4n) is 3.00. The number of likely N-dealkylation sites (tertiary alicyclic amines) is 1. The van der Waals surface area contributed by atoms with Gasteiger partial charge in [0.25, 0.3) is 5.91 Å². The summed E-state index contributed by atoms with van der Waals surface area (Å²) in [5, 5.41) is 3.01. The highest BCUT2D eigenvalue weighted by Gasteiger charge is 2.17. The predicted molar refractivity (Wildman–Crippen MR) is 89.4 cm³/mol. The Bertz CT molecular complexity index is 476. The molecule has 122 valence electrons. The van der Waals surface area contributed by atoms with Crippen LogP contribution in [0, 0.1) is 0 Å². The van der Waals surface area contributed by atoms with E-state index in [0.29, 0.717) is 30.5 Å². The summed E-state index contributed by atoms with van der Waals surface area (Å²) in [4.78, 5) is 14.8. The van der Waals surface area contributed by atoms with E-state index in [4.69, 9.17) is 4.74 Å². The normalized spacial score (nSPS) is 18.9. The number of rotatable bonds is 7. The van der Waals surface area contributed by atoms with Gasteiger partial charge < -0.3 is 15.0 Å². The van der Waals surface area contributed by atoms with Crippen LogP contribution in [0.25, 0.3) is 0 Å². The minimum Gasteiger partial charge on any atom is -0.493 e. The summed E-state index contributed by atoms with van der Waals surface area (Å²) >= 11 is 0. The van der Waals surface area contributed by atoms with Crippen LogP contribution in [0.2, 0.25) is 0 Å². The third-order valence-corrected chi connectivity index (χ3v) is 4.28. The van der Waals surface area contributed by atoms with Gasteiger partial charge in [0, 0.05) is 19.1 Å². The molecule has 1 aromatic rings. The fraction of sp³-hybridized carbons (Fsp3) is 0.611. The van der Waals surface area contributed by atoms with Crippen LogP contribution >= 0.6 is 0 Å². The van der Waals surface area contributed by atoms with Crippen molar-refractivity contribution in [2.24, 2.45) is 0 Å². The van der Waals surface area contributed by atoms with Crippen LogP contribution in [0.1, 0.15) is 49.9 Å². The maximum Gasteiger partial charge on any atom is 0.255 e. The molecule has 0 spiro atoms. The van der Waals surface area contributed by atoms with Gasteiger partial charge in [-0.1, -0.05) is 18.6 Å². The molecule has 1 heterocycles. The lowest BCUT2D eigenvalue weighted by molar-refractivity contribution is 0.0945. The number of nitrogens with one attached hydrogen (secondary N) is 1. The lowest BCUT2D eigenvalue weighted by atomic mass is 10.0. The van der Waals surface area contributed by atoms with Gasteiger partial charge in [-0.25, -0.2) is 0 Å². The van der Waals surface area contributed by atoms with E-state index < -0.39 is 0 Å². The first kappa shape index (κ1) is 16.8. The first-order valence-corrected chi connectivity index (χ1v) is 8.46. The van der Waals surface area contributed by atoms with Gasteiger partial charge in [-0.15, -0.1) is 0 Å². The number of ether oxygens (including phenoxy) is 1. The highest BCUT2D eigenvalue weighted by atomic mass is 16.5. The molecule has 0 aromatic heterocycles. The van der Waals surface area contributed by atoms with Crippen molar-refractivity contribution in [3.63, 3.8) is 0 Å². The maximum atomic E-state index is 12.3. The van der Waals surface area contributed by atoms with E-state index in [1.165, 1.54) is 25.8 Å². The lowest BCUT2D eigenvalue weighted by Crippen LogP contribution is -2.39. The number of amides is 1. The molecule has 1 fully saturated rings. The van der Waals surface area contributed by atoms with Gasteiger partial charge in [-0.2, -0.15) is 0 Å². The van der Waals surface area contributed by atoms with Crippen LogP contribution in [-0.2, 0) is 0 Å². The molecule has 1 N–H and O–H groups in total. The van der Waals surface area contributed by atoms with Gasteiger partial charge in [-0.05, 0) is 51.8 Å². The van der Waals surface area contributed by atoms with E-state index >= 15 is 0 Å². The van der Waals surface area contributed by atoms with Crippen molar-refractivity contribution < 1.29 is 9.53 Å². The molecule has 1 amide bonds. The van der Waals surface area contributed by atoms with Crippen molar-refractivity contribution in [1.29, 1.82) is 0 Å². The molecule has 0 radical (unpaired) electrons. The zero-order valence-electron chi connectivity index (χ0n) is 13.8. The van der Waals surface area contributed by atoms with Crippen LogP contribution < -0.4 is 10.1 Å². The second-order valence-corrected chi connectivity index (χ2v) is 5.92. The molecule has 2 rings (SSSR count). The zero-order chi connectivity index (χ0) is 15.8. The maximum absolute atomic E-state index is 12.3. The fourth-order valence-corrected chi connectivity index (χ4v) is 3.00. The predicted octanol–water partition coefficient (Wildman–Crippen LogP) is 3.08. The average molecular weight is 304 g/mol. The minimum atomic E-state index is -0.0456.